The summed E-state index contributed by atoms with van der Waals surface area (Å²) in [6.45, 7) is 2.82. The highest BCUT2D eigenvalue weighted by Crippen LogP contribution is 2.45. The molecule has 0 unspecified atom stereocenters. The molecule has 34 heavy (non-hydrogen) atoms. The number of aromatic hydroxyl groups is 1. The lowest BCUT2D eigenvalue weighted by molar-refractivity contribution is 0.208. The number of urea groups is 1. The molecule has 2 aliphatic heterocycles. The number of nitrogens with one attached hydrogen (secondary N) is 3. The van der Waals surface area contributed by atoms with Crippen molar-refractivity contribution in [1.29, 1.82) is 0 Å². The lowest BCUT2D eigenvalue weighted by Crippen LogP contribution is -2.51. The molecule has 2 amide bonds. The molecule has 0 spiro atoms. The number of hydrogen-bond donors (Lipinski definition) is 4. The van der Waals surface area contributed by atoms with Crippen molar-refractivity contribution >= 4 is 50.6 Å². The Labute approximate surface area is 207 Å². The number of rotatable bonds is 6. The van der Waals surface area contributed by atoms with E-state index in [-0.39, 0.29) is 39.5 Å². The van der Waals surface area contributed by atoms with Crippen molar-refractivity contribution in [2.45, 2.75) is 55.6 Å². The van der Waals surface area contributed by atoms with Gasteiger partial charge in [-0.15, -0.1) is 0 Å². The number of piperidine rings is 1. The van der Waals surface area contributed by atoms with E-state index in [0.717, 1.165) is 25.5 Å². The minimum absolute atomic E-state index is 0.0144. The fourth-order valence-corrected chi connectivity index (χ4v) is 7.52. The Morgan fingerprint density at radius 3 is 2.41 bits per heavy atom. The quantitative estimate of drug-likeness (QED) is 0.402. The Hall–Kier alpha value is -2.11. The van der Waals surface area contributed by atoms with Crippen LogP contribution in [0, 0.1) is 5.82 Å². The highest BCUT2D eigenvalue weighted by atomic mass is 35.5. The normalized spacial score (nSPS) is 22.5. The van der Waals surface area contributed by atoms with Crippen LogP contribution in [0.5, 0.6) is 5.75 Å². The molecule has 2 aromatic carbocycles. The van der Waals surface area contributed by atoms with Gasteiger partial charge in [-0.25, -0.2) is 17.6 Å². The molecule has 2 aromatic rings. The third-order valence-corrected chi connectivity index (χ3v) is 9.12. The van der Waals surface area contributed by atoms with Crippen molar-refractivity contribution in [3.8, 4) is 5.75 Å². The number of phenolic OH excluding ortho intramolecular Hbond substituents is 1. The summed E-state index contributed by atoms with van der Waals surface area (Å²) in [7, 11) is -4.15. The van der Waals surface area contributed by atoms with Crippen molar-refractivity contribution in [1.82, 2.24) is 9.62 Å². The summed E-state index contributed by atoms with van der Waals surface area (Å²) in [5.41, 5.74) is -0.150. The molecule has 2 fully saturated rings. The smallest absolute Gasteiger partial charge is 0.323 e. The van der Waals surface area contributed by atoms with Crippen LogP contribution in [0.2, 0.25) is 10.0 Å². The monoisotopic (exact) mass is 530 g/mol. The van der Waals surface area contributed by atoms with Gasteiger partial charge < -0.3 is 21.1 Å². The Kier molecular flexibility index (Phi) is 7.25. The van der Waals surface area contributed by atoms with Crippen molar-refractivity contribution in [3.63, 3.8) is 0 Å². The number of sulfonamides is 1. The number of nitrogens with zero attached hydrogens (tertiary/aromatic N) is 1. The van der Waals surface area contributed by atoms with Gasteiger partial charge in [-0.1, -0.05) is 36.2 Å². The minimum Gasteiger partial charge on any atom is -0.504 e. The van der Waals surface area contributed by atoms with Crippen LogP contribution in [-0.2, 0) is 10.0 Å². The van der Waals surface area contributed by atoms with E-state index < -0.39 is 32.5 Å². The maximum absolute atomic E-state index is 13.6. The molecule has 8 nitrogen and oxygen atoms in total. The van der Waals surface area contributed by atoms with Crippen LogP contribution < -0.4 is 16.0 Å². The highest BCUT2D eigenvalue weighted by molar-refractivity contribution is 7.89. The number of anilines is 2. The van der Waals surface area contributed by atoms with Crippen LogP contribution in [0.15, 0.2) is 35.2 Å². The van der Waals surface area contributed by atoms with E-state index in [4.69, 9.17) is 23.2 Å². The predicted molar refractivity (Wildman–Crippen MR) is 130 cm³/mol. The van der Waals surface area contributed by atoms with Crippen molar-refractivity contribution < 1.29 is 22.7 Å². The highest BCUT2D eigenvalue weighted by Gasteiger charge is 2.48. The Bertz CT molecular complexity index is 1200. The molecule has 12 heteroatoms. The van der Waals surface area contributed by atoms with Gasteiger partial charge in [0.1, 0.15) is 10.7 Å². The second kappa shape index (κ2) is 9.87. The molecule has 2 heterocycles. The molecule has 4 N–H and O–H groups in total. The maximum atomic E-state index is 13.6. The Morgan fingerprint density at radius 2 is 1.76 bits per heavy atom. The first-order valence-corrected chi connectivity index (χ1v) is 13.1. The van der Waals surface area contributed by atoms with Crippen LogP contribution in [0.4, 0.5) is 20.6 Å². The fourth-order valence-electron chi connectivity index (χ4n) is 4.86. The summed E-state index contributed by atoms with van der Waals surface area (Å²) >= 11 is 12.1. The molecule has 3 atom stereocenters. The molecule has 4 rings (SSSR count). The van der Waals surface area contributed by atoms with E-state index >= 15 is 0 Å². The molecule has 2 aliphatic rings. The maximum Gasteiger partial charge on any atom is 0.323 e. The number of benzene rings is 2. The summed E-state index contributed by atoms with van der Waals surface area (Å²) in [5, 5.41) is 18.6. The molecular weight excluding hydrogens is 506 g/mol. The van der Waals surface area contributed by atoms with Crippen LogP contribution in [0.25, 0.3) is 0 Å². The number of fused-ring (bicyclic) bond motifs is 2. The Morgan fingerprint density at radius 1 is 1.12 bits per heavy atom. The third-order valence-electron chi connectivity index (χ3n) is 6.23. The van der Waals surface area contributed by atoms with Gasteiger partial charge >= 0.3 is 6.03 Å². The summed E-state index contributed by atoms with van der Waals surface area (Å²) in [5.74, 6) is -1.38. The van der Waals surface area contributed by atoms with Gasteiger partial charge in [0, 0.05) is 18.1 Å². The van der Waals surface area contributed by atoms with E-state index in [0.29, 0.717) is 12.8 Å². The molecule has 0 radical (unpaired) electrons. The van der Waals surface area contributed by atoms with Crippen LogP contribution in [0.3, 0.4) is 0 Å². The average molecular weight is 531 g/mol. The molecule has 2 bridgehead atoms. The van der Waals surface area contributed by atoms with Gasteiger partial charge in [-0.05, 0) is 56.5 Å². The number of carbonyl (C=O) groups is 1. The number of hydrogen-bond acceptors (Lipinski definition) is 5. The van der Waals surface area contributed by atoms with Gasteiger partial charge in [0.25, 0.3) is 0 Å². The van der Waals surface area contributed by atoms with E-state index in [2.05, 4.69) is 16.0 Å². The summed E-state index contributed by atoms with van der Waals surface area (Å²) in [4.78, 5) is 12.0. The topological polar surface area (TPSA) is 111 Å². The van der Waals surface area contributed by atoms with Gasteiger partial charge in [-0.3, -0.25) is 0 Å². The molecule has 0 aliphatic carbocycles. The van der Waals surface area contributed by atoms with Crippen molar-refractivity contribution in [3.05, 3.63) is 46.2 Å². The lowest BCUT2D eigenvalue weighted by Gasteiger charge is -2.38. The first-order valence-electron chi connectivity index (χ1n) is 10.9. The minimum atomic E-state index is -4.15. The van der Waals surface area contributed by atoms with E-state index in [1.165, 1.54) is 28.6 Å². The molecule has 0 aromatic heterocycles. The summed E-state index contributed by atoms with van der Waals surface area (Å²) < 4.78 is 42.4. The van der Waals surface area contributed by atoms with Crippen LogP contribution >= 0.6 is 23.2 Å². The van der Waals surface area contributed by atoms with Crippen LogP contribution in [-0.4, -0.2) is 48.5 Å². The lowest BCUT2D eigenvalue weighted by atomic mass is 10.00. The fraction of sp³-hybridized carbons (Fsp3) is 0.409. The van der Waals surface area contributed by atoms with Crippen molar-refractivity contribution in [2.75, 3.05) is 17.2 Å². The number of halogens is 3. The van der Waals surface area contributed by atoms with Gasteiger partial charge in [0.15, 0.2) is 5.75 Å². The number of phenols is 1. The summed E-state index contributed by atoms with van der Waals surface area (Å²) in [6.07, 6.45) is 2.82. The zero-order valence-electron chi connectivity index (χ0n) is 18.3. The van der Waals surface area contributed by atoms with Gasteiger partial charge in [0.05, 0.1) is 21.4 Å². The Balaban J connectivity index is 1.59. The zero-order valence-corrected chi connectivity index (χ0v) is 20.6. The molecule has 2 saturated heterocycles. The standard InChI is InChI=1S/C22H25Cl2FN4O4S/c1-2-26-12-10-13-6-7-14(11-12)29(13)34(32,33)21-15(23)8-9-18(20(21)30)28-22(31)27-17-5-3-4-16(25)19(17)24/h3-5,8-9,12-14,26,30H,2,6-7,10-11H2,1H3,(H2,27,28,31)/t12-,13+,14-. The summed E-state index contributed by atoms with van der Waals surface area (Å²) in [6, 6.07) is 5.49. The molecule has 0 saturated carbocycles. The molecular formula is C22H25Cl2FN4O4S. The number of carbonyl (C=O) groups excluding carboxylic acids is 1. The van der Waals surface area contributed by atoms with Gasteiger partial charge in [-0.2, -0.15) is 4.31 Å². The SMILES string of the molecule is CCN[C@H]1C[C@H]2CC[C@@H](C1)N2S(=O)(=O)c1c(Cl)ccc(NC(=O)Nc2cccc(F)c2Cl)c1O. The zero-order chi connectivity index (χ0) is 24.6. The number of amides is 2. The van der Waals surface area contributed by atoms with E-state index in [9.17, 15) is 22.7 Å². The van der Waals surface area contributed by atoms with Crippen LogP contribution in [0.1, 0.15) is 32.6 Å². The molecule has 184 valence electrons. The average Bonchev–Trinajstić information content (AvgIpc) is 3.06. The second-order valence-corrected chi connectivity index (χ2v) is 11.0. The van der Waals surface area contributed by atoms with E-state index in [1.54, 1.807) is 0 Å². The first kappa shape index (κ1) is 25.0. The second-order valence-electron chi connectivity index (χ2n) is 8.40. The van der Waals surface area contributed by atoms with E-state index in [1.807, 2.05) is 6.92 Å². The largest absolute Gasteiger partial charge is 0.504 e. The predicted octanol–water partition coefficient (Wildman–Crippen LogP) is 4.78. The first-order chi connectivity index (χ1) is 16.1. The third kappa shape index (κ3) is 4.70. The van der Waals surface area contributed by atoms with Gasteiger partial charge in [0.2, 0.25) is 10.0 Å². The van der Waals surface area contributed by atoms with Crippen molar-refractivity contribution in [2.24, 2.45) is 0 Å².